The van der Waals surface area contributed by atoms with Crippen LogP contribution in [0.25, 0.3) is 5.69 Å². The zero-order valence-corrected chi connectivity index (χ0v) is 13.6. The van der Waals surface area contributed by atoms with Crippen molar-refractivity contribution in [2.75, 3.05) is 26.8 Å². The van der Waals surface area contributed by atoms with Crippen molar-refractivity contribution in [2.24, 2.45) is 0 Å². The van der Waals surface area contributed by atoms with Gasteiger partial charge in [0.15, 0.2) is 5.69 Å². The highest BCUT2D eigenvalue weighted by molar-refractivity contribution is 5.93. The van der Waals surface area contributed by atoms with Gasteiger partial charge in [0.2, 0.25) is 0 Å². The highest BCUT2D eigenvalue weighted by Crippen LogP contribution is 2.30. The Balaban J connectivity index is 2.25. The van der Waals surface area contributed by atoms with Crippen molar-refractivity contribution in [1.29, 1.82) is 0 Å². The summed E-state index contributed by atoms with van der Waals surface area (Å²) in [6.45, 7) is -0.447. The number of halogens is 3. The van der Waals surface area contributed by atoms with Crippen molar-refractivity contribution < 1.29 is 32.6 Å². The van der Waals surface area contributed by atoms with E-state index in [0.29, 0.717) is 0 Å². The summed E-state index contributed by atoms with van der Waals surface area (Å²) in [7, 11) is 1.40. The van der Waals surface area contributed by atoms with Gasteiger partial charge in [0, 0.05) is 13.7 Å². The molecular formula is C15H15F3N4O4. The molecule has 0 saturated heterocycles. The Morgan fingerprint density at radius 3 is 2.69 bits per heavy atom. The lowest BCUT2D eigenvalue weighted by Gasteiger charge is -2.18. The predicted molar refractivity (Wildman–Crippen MR) is 81.8 cm³/mol. The minimum absolute atomic E-state index is 0.0120. The molecule has 0 unspecified atom stereocenters. The third-order valence-corrected chi connectivity index (χ3v) is 3.33. The fraction of sp³-hybridized carbons (Fsp3) is 0.333. The molecule has 140 valence electrons. The number of rotatable bonds is 7. The van der Waals surface area contributed by atoms with Crippen LogP contribution in [0.2, 0.25) is 0 Å². The van der Waals surface area contributed by atoms with Gasteiger partial charge in [0.1, 0.15) is 6.54 Å². The number of ether oxygens (including phenoxy) is 1. The standard InChI is InChI=1S/C15H15F3N4O4/c1-26-6-5-21(9-13(23)24)14(25)12-8-22(20-19-12)11-4-2-3-10(7-11)15(16,17)18/h2-4,7-8H,5-6,9H2,1H3,(H,23,24). The summed E-state index contributed by atoms with van der Waals surface area (Å²) in [5.41, 5.74) is -1.00. The lowest BCUT2D eigenvalue weighted by molar-refractivity contribution is -0.138. The first-order chi connectivity index (χ1) is 12.2. The first-order valence-electron chi connectivity index (χ1n) is 7.32. The van der Waals surface area contributed by atoms with Gasteiger partial charge in [-0.05, 0) is 18.2 Å². The number of alkyl halides is 3. The second-order valence-corrected chi connectivity index (χ2v) is 5.21. The maximum Gasteiger partial charge on any atom is 0.416 e. The number of benzene rings is 1. The molecule has 11 heteroatoms. The monoisotopic (exact) mass is 372 g/mol. The van der Waals surface area contributed by atoms with Gasteiger partial charge in [-0.1, -0.05) is 11.3 Å². The molecule has 8 nitrogen and oxygen atoms in total. The number of aromatic nitrogens is 3. The van der Waals surface area contributed by atoms with Crippen molar-refractivity contribution in [3.63, 3.8) is 0 Å². The van der Waals surface area contributed by atoms with E-state index in [-0.39, 0.29) is 24.5 Å². The van der Waals surface area contributed by atoms with Crippen LogP contribution in [-0.2, 0) is 15.7 Å². The summed E-state index contributed by atoms with van der Waals surface area (Å²) < 4.78 is 44.2. The molecule has 0 spiro atoms. The minimum Gasteiger partial charge on any atom is -0.480 e. The Labute approximate surface area is 145 Å². The van der Waals surface area contributed by atoms with Crippen LogP contribution in [0.1, 0.15) is 16.1 Å². The van der Waals surface area contributed by atoms with Crippen LogP contribution in [0, 0.1) is 0 Å². The average Bonchev–Trinajstić information content (AvgIpc) is 3.07. The van der Waals surface area contributed by atoms with E-state index in [9.17, 15) is 22.8 Å². The summed E-state index contributed by atoms with van der Waals surface area (Å²) >= 11 is 0. The highest BCUT2D eigenvalue weighted by Gasteiger charge is 2.30. The Morgan fingerprint density at radius 2 is 2.08 bits per heavy atom. The lowest BCUT2D eigenvalue weighted by atomic mass is 10.2. The quantitative estimate of drug-likeness (QED) is 0.790. The second-order valence-electron chi connectivity index (χ2n) is 5.21. The number of carboxylic acid groups (broad SMARTS) is 1. The van der Waals surface area contributed by atoms with Gasteiger partial charge < -0.3 is 14.7 Å². The predicted octanol–water partition coefficient (Wildman–Crippen LogP) is 1.46. The Bertz CT molecular complexity index is 791. The maximum absolute atomic E-state index is 12.8. The smallest absolute Gasteiger partial charge is 0.416 e. The fourth-order valence-electron chi connectivity index (χ4n) is 2.09. The van der Waals surface area contributed by atoms with Crippen molar-refractivity contribution in [3.05, 3.63) is 41.7 Å². The summed E-state index contributed by atoms with van der Waals surface area (Å²) in [6, 6.07) is 4.35. The molecule has 0 aliphatic carbocycles. The number of nitrogens with zero attached hydrogens (tertiary/aromatic N) is 4. The molecule has 1 N–H and O–H groups in total. The number of hydrogen-bond acceptors (Lipinski definition) is 5. The van der Waals surface area contributed by atoms with E-state index in [0.717, 1.165) is 27.9 Å². The molecular weight excluding hydrogens is 357 g/mol. The van der Waals surface area contributed by atoms with E-state index in [1.807, 2.05) is 0 Å². The van der Waals surface area contributed by atoms with Crippen molar-refractivity contribution in [3.8, 4) is 5.69 Å². The fourth-order valence-corrected chi connectivity index (χ4v) is 2.09. The van der Waals surface area contributed by atoms with Crippen LogP contribution >= 0.6 is 0 Å². The van der Waals surface area contributed by atoms with Crippen LogP contribution < -0.4 is 0 Å². The SMILES string of the molecule is COCCN(CC(=O)O)C(=O)c1cn(-c2cccc(C(F)(F)F)c2)nn1. The van der Waals surface area contributed by atoms with Gasteiger partial charge in [0.05, 0.1) is 24.1 Å². The zero-order valence-electron chi connectivity index (χ0n) is 13.6. The van der Waals surface area contributed by atoms with Gasteiger partial charge in [0.25, 0.3) is 5.91 Å². The molecule has 2 rings (SSSR count). The molecule has 2 aromatic rings. The molecule has 0 atom stereocenters. The van der Waals surface area contributed by atoms with Gasteiger partial charge in [-0.25, -0.2) is 4.68 Å². The molecule has 0 aliphatic rings. The van der Waals surface area contributed by atoms with E-state index in [1.54, 1.807) is 0 Å². The van der Waals surface area contributed by atoms with E-state index in [4.69, 9.17) is 9.84 Å². The minimum atomic E-state index is -4.52. The molecule has 1 aromatic heterocycles. The van der Waals surface area contributed by atoms with E-state index < -0.39 is 30.2 Å². The van der Waals surface area contributed by atoms with Crippen LogP contribution in [0.15, 0.2) is 30.5 Å². The van der Waals surface area contributed by atoms with Gasteiger partial charge in [-0.3, -0.25) is 9.59 Å². The zero-order chi connectivity index (χ0) is 19.3. The topological polar surface area (TPSA) is 97.6 Å². The number of carboxylic acids is 1. The number of hydrogen-bond donors (Lipinski definition) is 1. The van der Waals surface area contributed by atoms with Crippen LogP contribution in [-0.4, -0.2) is 63.7 Å². The Kier molecular flexibility index (Phi) is 5.93. The molecule has 26 heavy (non-hydrogen) atoms. The maximum atomic E-state index is 12.8. The molecule has 0 fully saturated rings. The third kappa shape index (κ3) is 4.79. The molecule has 0 radical (unpaired) electrons. The van der Waals surface area contributed by atoms with Crippen molar-refractivity contribution in [1.82, 2.24) is 19.9 Å². The molecule has 1 amide bonds. The summed E-state index contributed by atoms with van der Waals surface area (Å²) in [6.07, 6.45) is -3.38. The van der Waals surface area contributed by atoms with Gasteiger partial charge in [-0.2, -0.15) is 13.2 Å². The van der Waals surface area contributed by atoms with Crippen LogP contribution in [0.5, 0.6) is 0 Å². The third-order valence-electron chi connectivity index (χ3n) is 3.33. The molecule has 0 bridgehead atoms. The number of amides is 1. The summed E-state index contributed by atoms with van der Waals surface area (Å²) in [4.78, 5) is 24.2. The van der Waals surface area contributed by atoms with Crippen LogP contribution in [0.4, 0.5) is 13.2 Å². The van der Waals surface area contributed by atoms with Gasteiger partial charge in [-0.15, -0.1) is 5.10 Å². The normalized spacial score (nSPS) is 11.4. The number of carbonyl (C=O) groups is 2. The first-order valence-corrected chi connectivity index (χ1v) is 7.32. The average molecular weight is 372 g/mol. The van der Waals surface area contributed by atoms with E-state index in [2.05, 4.69) is 10.3 Å². The van der Waals surface area contributed by atoms with Gasteiger partial charge >= 0.3 is 12.1 Å². The largest absolute Gasteiger partial charge is 0.480 e. The second kappa shape index (κ2) is 7.95. The summed E-state index contributed by atoms with van der Waals surface area (Å²) in [5, 5.41) is 16.2. The summed E-state index contributed by atoms with van der Waals surface area (Å²) in [5.74, 6) is -1.94. The molecule has 1 aromatic carbocycles. The van der Waals surface area contributed by atoms with E-state index in [1.165, 1.54) is 19.2 Å². The Hall–Kier alpha value is -2.95. The molecule has 0 saturated carbocycles. The number of methoxy groups -OCH3 is 1. The van der Waals surface area contributed by atoms with Crippen molar-refractivity contribution in [2.45, 2.75) is 6.18 Å². The first kappa shape index (κ1) is 19.4. The number of carbonyl (C=O) groups excluding carboxylic acids is 1. The number of aliphatic carboxylic acids is 1. The molecule has 1 heterocycles. The molecule has 0 aliphatic heterocycles. The highest BCUT2D eigenvalue weighted by atomic mass is 19.4. The van der Waals surface area contributed by atoms with E-state index >= 15 is 0 Å². The Morgan fingerprint density at radius 1 is 1.35 bits per heavy atom. The lowest BCUT2D eigenvalue weighted by Crippen LogP contribution is -2.38. The van der Waals surface area contributed by atoms with Crippen molar-refractivity contribution >= 4 is 11.9 Å². The van der Waals surface area contributed by atoms with Crippen LogP contribution in [0.3, 0.4) is 0 Å².